The average Bonchev–Trinajstić information content (AvgIpc) is 3.31. The second kappa shape index (κ2) is 11.7. The number of hydrogen-bond donors (Lipinski definition) is 0. The molecule has 2 aliphatic rings. The van der Waals surface area contributed by atoms with Crippen LogP contribution in [-0.2, 0) is 9.31 Å². The van der Waals surface area contributed by atoms with E-state index in [-0.39, 0.29) is 5.92 Å². The van der Waals surface area contributed by atoms with Gasteiger partial charge < -0.3 is 9.31 Å². The minimum absolute atomic E-state index is 0.194. The van der Waals surface area contributed by atoms with Crippen LogP contribution in [0.4, 0.5) is 0 Å². The highest BCUT2D eigenvalue weighted by atomic mass is 16.7. The molecular weight excluding hydrogens is 551 g/mol. The van der Waals surface area contributed by atoms with Gasteiger partial charge in [0.15, 0.2) is 0 Å². The molecule has 5 heteroatoms. The minimum Gasteiger partial charge on any atom is -0.399 e. The Labute approximate surface area is 266 Å². The summed E-state index contributed by atoms with van der Waals surface area (Å²) in [5.74, 6) is 0.194. The van der Waals surface area contributed by atoms with Gasteiger partial charge in [0.1, 0.15) is 0 Å². The van der Waals surface area contributed by atoms with Crippen molar-refractivity contribution in [2.24, 2.45) is 0 Å². The van der Waals surface area contributed by atoms with Crippen molar-refractivity contribution in [3.63, 3.8) is 0 Å². The molecule has 0 saturated carbocycles. The van der Waals surface area contributed by atoms with E-state index in [0.717, 1.165) is 28.6 Å². The molecular formula is C40H37BN2O2. The Morgan fingerprint density at radius 2 is 1.20 bits per heavy atom. The van der Waals surface area contributed by atoms with Crippen molar-refractivity contribution in [1.29, 1.82) is 0 Å². The molecule has 222 valence electrons. The monoisotopic (exact) mass is 588 g/mol. The first-order valence-corrected chi connectivity index (χ1v) is 15.7. The molecule has 0 radical (unpaired) electrons. The van der Waals surface area contributed by atoms with E-state index in [9.17, 15) is 0 Å². The third-order valence-electron chi connectivity index (χ3n) is 9.43. The highest BCUT2D eigenvalue weighted by molar-refractivity contribution is 6.62. The number of hydrogen-bond acceptors (Lipinski definition) is 4. The Hall–Kier alpha value is -4.58. The van der Waals surface area contributed by atoms with Gasteiger partial charge in [0.2, 0.25) is 0 Å². The molecule has 5 aromatic rings. The minimum atomic E-state index is -0.405. The number of benzene rings is 3. The normalized spacial score (nSPS) is 18.8. The maximum absolute atomic E-state index is 6.42. The van der Waals surface area contributed by atoms with Gasteiger partial charge in [-0.15, -0.1) is 0 Å². The summed E-state index contributed by atoms with van der Waals surface area (Å²) in [6.45, 7) is 8.39. The third-order valence-corrected chi connectivity index (χ3v) is 9.43. The average molecular weight is 589 g/mol. The van der Waals surface area contributed by atoms with Crippen LogP contribution in [0.3, 0.4) is 0 Å². The van der Waals surface area contributed by atoms with E-state index in [1.165, 1.54) is 33.4 Å². The lowest BCUT2D eigenvalue weighted by atomic mass is 9.76. The molecule has 1 saturated heterocycles. The number of pyridine rings is 2. The van der Waals surface area contributed by atoms with Crippen LogP contribution >= 0.6 is 0 Å². The lowest BCUT2D eigenvalue weighted by Gasteiger charge is -2.32. The van der Waals surface area contributed by atoms with Crippen molar-refractivity contribution < 1.29 is 9.31 Å². The molecule has 1 atom stereocenters. The van der Waals surface area contributed by atoms with Gasteiger partial charge in [-0.3, -0.25) is 9.97 Å². The van der Waals surface area contributed by atoms with Crippen LogP contribution in [0.15, 0.2) is 134 Å². The maximum atomic E-state index is 6.42. The first-order chi connectivity index (χ1) is 21.8. The Balaban J connectivity index is 1.29. The van der Waals surface area contributed by atoms with Crippen molar-refractivity contribution in [3.05, 3.63) is 151 Å². The topological polar surface area (TPSA) is 44.2 Å². The summed E-state index contributed by atoms with van der Waals surface area (Å²) in [5, 5.41) is 0. The zero-order valence-corrected chi connectivity index (χ0v) is 26.3. The van der Waals surface area contributed by atoms with Gasteiger partial charge in [0.25, 0.3) is 0 Å². The maximum Gasteiger partial charge on any atom is 0.494 e. The van der Waals surface area contributed by atoms with Gasteiger partial charge in [0, 0.05) is 36.3 Å². The van der Waals surface area contributed by atoms with Crippen molar-refractivity contribution >= 4 is 23.7 Å². The summed E-state index contributed by atoms with van der Waals surface area (Å²) in [7, 11) is -0.405. The molecule has 0 unspecified atom stereocenters. The van der Waals surface area contributed by atoms with Crippen molar-refractivity contribution in [2.45, 2.75) is 51.2 Å². The number of allylic oxidation sites excluding steroid dienone is 4. The van der Waals surface area contributed by atoms with Crippen LogP contribution in [0.1, 0.15) is 56.7 Å². The van der Waals surface area contributed by atoms with E-state index >= 15 is 0 Å². The van der Waals surface area contributed by atoms with Gasteiger partial charge in [-0.05, 0) is 102 Å². The lowest BCUT2D eigenvalue weighted by molar-refractivity contribution is 0.00578. The largest absolute Gasteiger partial charge is 0.494 e. The fourth-order valence-corrected chi connectivity index (χ4v) is 6.16. The van der Waals surface area contributed by atoms with E-state index < -0.39 is 18.3 Å². The zero-order chi connectivity index (χ0) is 31.0. The number of aromatic nitrogens is 2. The molecule has 3 heterocycles. The van der Waals surface area contributed by atoms with E-state index in [1.807, 2.05) is 36.9 Å². The Morgan fingerprint density at radius 1 is 0.622 bits per heavy atom. The van der Waals surface area contributed by atoms with Crippen LogP contribution in [-0.4, -0.2) is 28.3 Å². The van der Waals surface area contributed by atoms with E-state index in [1.54, 1.807) is 0 Å². The molecule has 7 rings (SSSR count). The summed E-state index contributed by atoms with van der Waals surface area (Å²) < 4.78 is 12.8. The quantitative estimate of drug-likeness (QED) is 0.186. The molecule has 0 bridgehead atoms. The Morgan fingerprint density at radius 3 is 1.87 bits per heavy atom. The second-order valence-electron chi connectivity index (χ2n) is 13.0. The predicted molar refractivity (Wildman–Crippen MR) is 185 cm³/mol. The van der Waals surface area contributed by atoms with Gasteiger partial charge in [0.05, 0.1) is 11.2 Å². The van der Waals surface area contributed by atoms with Gasteiger partial charge in [-0.2, -0.15) is 0 Å². The highest BCUT2D eigenvalue weighted by Crippen LogP contribution is 2.41. The fraction of sp³-hybridized carbons (Fsp3) is 0.200. The summed E-state index contributed by atoms with van der Waals surface area (Å²) in [4.78, 5) is 8.70. The fourth-order valence-electron chi connectivity index (χ4n) is 6.16. The first kappa shape index (κ1) is 29.2. The Kier molecular flexibility index (Phi) is 7.60. The van der Waals surface area contributed by atoms with Gasteiger partial charge >= 0.3 is 7.12 Å². The lowest BCUT2D eigenvalue weighted by Crippen LogP contribution is -2.41. The van der Waals surface area contributed by atoms with Crippen molar-refractivity contribution in [1.82, 2.24) is 9.97 Å². The molecule has 1 aliphatic carbocycles. The summed E-state index contributed by atoms with van der Waals surface area (Å²) in [6, 6.07) is 34.5. The van der Waals surface area contributed by atoms with Crippen LogP contribution in [0.5, 0.6) is 0 Å². The van der Waals surface area contributed by atoms with Crippen LogP contribution in [0.25, 0.3) is 33.4 Å². The Bertz CT molecular complexity index is 1880. The van der Waals surface area contributed by atoms with Gasteiger partial charge in [-0.1, -0.05) is 91.0 Å². The molecule has 4 nitrogen and oxygen atoms in total. The second-order valence-corrected chi connectivity index (χ2v) is 13.0. The molecule has 0 amide bonds. The number of nitrogens with zero attached hydrogens (tertiary/aromatic N) is 2. The summed E-state index contributed by atoms with van der Waals surface area (Å²) in [6.07, 6.45) is 13.1. The zero-order valence-electron chi connectivity index (χ0n) is 26.3. The first-order valence-electron chi connectivity index (χ1n) is 15.7. The highest BCUT2D eigenvalue weighted by Gasteiger charge is 2.51. The molecule has 3 aromatic carbocycles. The molecule has 2 aromatic heterocycles. The van der Waals surface area contributed by atoms with Crippen molar-refractivity contribution in [2.75, 3.05) is 0 Å². The standard InChI is InChI=1S/C40H37BN2O2/c1-39(2)40(3,4)45-41(44-39)38-17-7-14-32(25-38)37-23-35(30-12-5-10-28(20-30)33-15-8-18-42-26-33)22-36(24-37)31-13-6-11-29(21-31)34-16-9-19-43-27-34/h5-23,25-27,36H,24H2,1-4H3/t36-/m1/s1. The van der Waals surface area contributed by atoms with E-state index in [4.69, 9.17) is 9.31 Å². The third kappa shape index (κ3) is 5.94. The van der Waals surface area contributed by atoms with Crippen LogP contribution < -0.4 is 5.46 Å². The van der Waals surface area contributed by atoms with Gasteiger partial charge in [-0.25, -0.2) is 0 Å². The van der Waals surface area contributed by atoms with Crippen LogP contribution in [0, 0.1) is 0 Å². The number of rotatable bonds is 6. The van der Waals surface area contributed by atoms with E-state index in [2.05, 4.69) is 135 Å². The van der Waals surface area contributed by atoms with Crippen LogP contribution in [0.2, 0.25) is 0 Å². The summed E-state index contributed by atoms with van der Waals surface area (Å²) >= 11 is 0. The smallest absolute Gasteiger partial charge is 0.399 e. The van der Waals surface area contributed by atoms with E-state index in [0.29, 0.717) is 0 Å². The molecule has 0 spiro atoms. The predicted octanol–water partition coefficient (Wildman–Crippen LogP) is 8.76. The summed E-state index contributed by atoms with van der Waals surface area (Å²) in [5.41, 5.74) is 11.0. The molecule has 1 fully saturated rings. The van der Waals surface area contributed by atoms with Crippen molar-refractivity contribution in [3.8, 4) is 22.3 Å². The molecule has 1 aliphatic heterocycles. The molecule has 45 heavy (non-hydrogen) atoms. The SMILES string of the molecule is CC1(C)OB(c2cccc(C3=CC(c4cccc(-c5cccnc5)c4)=C[C@@H](c4cccc(-c5cccnc5)c4)C3)c2)OC1(C)C. The molecule has 0 N–H and O–H groups in total.